The molecule has 1 saturated heterocycles. The molecule has 25 heavy (non-hydrogen) atoms. The van der Waals surface area contributed by atoms with Gasteiger partial charge >= 0.3 is 0 Å². The van der Waals surface area contributed by atoms with Crippen LogP contribution in [0.25, 0.3) is 0 Å². The lowest BCUT2D eigenvalue weighted by atomic mass is 9.99. The lowest BCUT2D eigenvalue weighted by Crippen LogP contribution is -2.45. The van der Waals surface area contributed by atoms with Crippen molar-refractivity contribution < 1.29 is 8.42 Å². The Labute approximate surface area is 148 Å². The Morgan fingerprint density at radius 1 is 1.32 bits per heavy atom. The van der Waals surface area contributed by atoms with E-state index in [1.165, 1.54) is 8.61 Å². The smallest absolute Gasteiger partial charge is 0.281 e. The molecule has 3 heterocycles. The molecule has 1 atom stereocenters. The molecular weight excluding hydrogens is 342 g/mol. The predicted molar refractivity (Wildman–Crippen MR) is 93.2 cm³/mol. The highest BCUT2D eigenvalue weighted by Crippen LogP contribution is 2.27. The van der Waals surface area contributed by atoms with E-state index in [-0.39, 0.29) is 5.92 Å². The lowest BCUT2D eigenvalue weighted by molar-refractivity contribution is 0.290. The van der Waals surface area contributed by atoms with Crippen molar-refractivity contribution in [2.45, 2.75) is 32.2 Å². The van der Waals surface area contributed by atoms with Crippen LogP contribution in [0.1, 0.15) is 36.2 Å². The van der Waals surface area contributed by atoms with Crippen LogP contribution in [0.2, 0.25) is 0 Å². The molecule has 1 fully saturated rings. The van der Waals surface area contributed by atoms with Crippen LogP contribution in [-0.2, 0) is 23.8 Å². The summed E-state index contributed by atoms with van der Waals surface area (Å²) in [7, 11) is 1.67. The number of piperidine rings is 1. The topological polar surface area (TPSA) is 89.2 Å². The predicted octanol–water partition coefficient (Wildman–Crippen LogP) is 0.354. The average Bonchev–Trinajstić information content (AvgIpc) is 3.14. The first-order valence-corrected chi connectivity index (χ1v) is 9.74. The summed E-state index contributed by atoms with van der Waals surface area (Å²) < 4.78 is 31.6. The van der Waals surface area contributed by atoms with Crippen LogP contribution in [0, 0.1) is 6.92 Å². The molecule has 1 aliphatic heterocycles. The van der Waals surface area contributed by atoms with E-state index in [2.05, 4.69) is 15.2 Å². The van der Waals surface area contributed by atoms with Crippen molar-refractivity contribution in [3.63, 3.8) is 0 Å². The molecule has 0 saturated carbocycles. The highest BCUT2D eigenvalue weighted by atomic mass is 32.2. The number of aryl methyl sites for hydroxylation is 1. The van der Waals surface area contributed by atoms with Crippen LogP contribution in [0.15, 0.2) is 12.4 Å². The van der Waals surface area contributed by atoms with Gasteiger partial charge in [0.2, 0.25) is 0 Å². The fourth-order valence-corrected chi connectivity index (χ4v) is 4.38. The maximum Gasteiger partial charge on any atom is 0.281 e. The largest absolute Gasteiger partial charge is 0.328 e. The molecule has 0 radical (unpaired) electrons. The third-order valence-electron chi connectivity index (χ3n) is 4.77. The summed E-state index contributed by atoms with van der Waals surface area (Å²) in [5, 5.41) is 8.67. The fraction of sp³-hybridized carbons (Fsp3) is 0.667. The third-order valence-corrected chi connectivity index (χ3v) is 6.68. The molecule has 138 valence electrons. The second-order valence-electron chi connectivity index (χ2n) is 6.62. The summed E-state index contributed by atoms with van der Waals surface area (Å²) in [6, 6.07) is 0. The first-order valence-electron chi connectivity index (χ1n) is 8.34. The standard InChI is InChI=1S/C15H25N7O2S/c1-12-16-7-9-21(12)11-14-17-18-15(20(14)4)13-6-5-8-22(10-13)25(23,24)19(2)3/h7,9,13H,5-6,8,10-11H2,1-4H3. The Bertz CT molecular complexity index is 840. The minimum Gasteiger partial charge on any atom is -0.328 e. The molecule has 0 N–H and O–H groups in total. The summed E-state index contributed by atoms with van der Waals surface area (Å²) in [6.45, 7) is 3.54. The molecule has 0 amide bonds. The monoisotopic (exact) mass is 367 g/mol. The number of rotatable bonds is 5. The van der Waals surface area contributed by atoms with Crippen molar-refractivity contribution in [3.8, 4) is 0 Å². The van der Waals surface area contributed by atoms with E-state index in [4.69, 9.17) is 0 Å². The van der Waals surface area contributed by atoms with E-state index < -0.39 is 10.2 Å². The summed E-state index contributed by atoms with van der Waals surface area (Å²) >= 11 is 0. The molecule has 0 bridgehead atoms. The van der Waals surface area contributed by atoms with Crippen molar-refractivity contribution in [2.75, 3.05) is 27.2 Å². The van der Waals surface area contributed by atoms with Gasteiger partial charge in [0.15, 0.2) is 5.82 Å². The zero-order chi connectivity index (χ0) is 18.2. The maximum absolute atomic E-state index is 12.4. The second kappa shape index (κ2) is 6.85. The van der Waals surface area contributed by atoms with Gasteiger partial charge in [-0.15, -0.1) is 10.2 Å². The van der Waals surface area contributed by atoms with Crippen molar-refractivity contribution in [1.82, 2.24) is 32.9 Å². The summed E-state index contributed by atoms with van der Waals surface area (Å²) in [5.74, 6) is 2.65. The average molecular weight is 367 g/mol. The van der Waals surface area contributed by atoms with E-state index >= 15 is 0 Å². The summed E-state index contributed by atoms with van der Waals surface area (Å²) in [4.78, 5) is 4.22. The highest BCUT2D eigenvalue weighted by molar-refractivity contribution is 7.86. The quantitative estimate of drug-likeness (QED) is 0.761. The first kappa shape index (κ1) is 18.0. The van der Waals surface area contributed by atoms with Gasteiger partial charge in [0, 0.05) is 52.5 Å². The Kier molecular flexibility index (Phi) is 4.94. The minimum atomic E-state index is -3.40. The van der Waals surface area contributed by atoms with Gasteiger partial charge in [-0.3, -0.25) is 0 Å². The molecule has 1 aliphatic rings. The van der Waals surface area contributed by atoms with E-state index in [0.29, 0.717) is 19.6 Å². The van der Waals surface area contributed by atoms with Crippen LogP contribution >= 0.6 is 0 Å². The number of aromatic nitrogens is 5. The second-order valence-corrected chi connectivity index (χ2v) is 8.77. The van der Waals surface area contributed by atoms with Crippen LogP contribution in [0.3, 0.4) is 0 Å². The normalized spacial score (nSPS) is 19.6. The summed E-state index contributed by atoms with van der Waals surface area (Å²) in [5.41, 5.74) is 0. The van der Waals surface area contributed by atoms with Gasteiger partial charge in [0.05, 0.1) is 6.54 Å². The third kappa shape index (κ3) is 3.46. The number of hydrogen-bond acceptors (Lipinski definition) is 5. The number of nitrogens with zero attached hydrogens (tertiary/aromatic N) is 7. The van der Waals surface area contributed by atoms with Crippen LogP contribution in [0.5, 0.6) is 0 Å². The molecule has 9 nitrogen and oxygen atoms in total. The van der Waals surface area contributed by atoms with E-state index in [9.17, 15) is 8.42 Å². The van der Waals surface area contributed by atoms with Crippen molar-refractivity contribution in [3.05, 3.63) is 29.9 Å². The van der Waals surface area contributed by atoms with Gasteiger partial charge in [0.1, 0.15) is 11.6 Å². The van der Waals surface area contributed by atoms with Gasteiger partial charge in [-0.25, -0.2) is 4.98 Å². The van der Waals surface area contributed by atoms with Crippen molar-refractivity contribution in [2.24, 2.45) is 7.05 Å². The molecule has 10 heteroatoms. The Hall–Kier alpha value is -1.78. The highest BCUT2D eigenvalue weighted by Gasteiger charge is 2.33. The molecule has 0 aromatic carbocycles. The SMILES string of the molecule is Cc1nccn1Cc1nnc(C2CCCN(S(=O)(=O)N(C)C)C2)n1C. The Morgan fingerprint density at radius 3 is 2.72 bits per heavy atom. The summed E-state index contributed by atoms with van der Waals surface area (Å²) in [6.07, 6.45) is 5.41. The van der Waals surface area contributed by atoms with Crippen LogP contribution < -0.4 is 0 Å². The van der Waals surface area contributed by atoms with Gasteiger partial charge < -0.3 is 9.13 Å². The maximum atomic E-state index is 12.4. The molecule has 3 rings (SSSR count). The van der Waals surface area contributed by atoms with E-state index in [1.54, 1.807) is 20.3 Å². The van der Waals surface area contributed by atoms with Gasteiger partial charge in [0.25, 0.3) is 10.2 Å². The minimum absolute atomic E-state index is 0.0543. The number of imidazole rings is 1. The van der Waals surface area contributed by atoms with Crippen LogP contribution in [0.4, 0.5) is 0 Å². The molecule has 0 spiro atoms. The van der Waals surface area contributed by atoms with E-state index in [0.717, 1.165) is 30.3 Å². The zero-order valence-electron chi connectivity index (χ0n) is 15.1. The fourth-order valence-electron chi connectivity index (χ4n) is 3.19. The zero-order valence-corrected chi connectivity index (χ0v) is 15.9. The van der Waals surface area contributed by atoms with Gasteiger partial charge in [-0.2, -0.15) is 17.0 Å². The lowest BCUT2D eigenvalue weighted by Gasteiger charge is -2.32. The Morgan fingerprint density at radius 2 is 2.08 bits per heavy atom. The van der Waals surface area contributed by atoms with Gasteiger partial charge in [-0.1, -0.05) is 0 Å². The molecule has 1 unspecified atom stereocenters. The Balaban J connectivity index is 1.79. The molecule has 2 aromatic heterocycles. The molecular formula is C15H25N7O2S. The molecule has 0 aliphatic carbocycles. The van der Waals surface area contributed by atoms with Crippen molar-refractivity contribution >= 4 is 10.2 Å². The van der Waals surface area contributed by atoms with Crippen molar-refractivity contribution in [1.29, 1.82) is 0 Å². The van der Waals surface area contributed by atoms with E-state index in [1.807, 2.05) is 29.3 Å². The molecule has 2 aromatic rings. The number of hydrogen-bond donors (Lipinski definition) is 0. The van der Waals surface area contributed by atoms with Crippen LogP contribution in [-0.4, -0.2) is 68.5 Å². The first-order chi connectivity index (χ1) is 11.8. The van der Waals surface area contributed by atoms with Gasteiger partial charge in [-0.05, 0) is 19.8 Å².